The summed E-state index contributed by atoms with van der Waals surface area (Å²) in [7, 11) is 0. The summed E-state index contributed by atoms with van der Waals surface area (Å²) in [6, 6.07) is 0. The molecule has 0 heterocycles. The number of nitrogens with two attached hydrogens (primary N) is 1. The van der Waals surface area contributed by atoms with Gasteiger partial charge in [0.25, 0.3) is 0 Å². The zero-order valence-corrected chi connectivity index (χ0v) is 11.8. The van der Waals surface area contributed by atoms with Gasteiger partial charge in [0.2, 0.25) is 5.91 Å². The maximum Gasteiger partial charge on any atom is 0.220 e. The van der Waals surface area contributed by atoms with Crippen LogP contribution in [0.15, 0.2) is 0 Å². The third-order valence-corrected chi connectivity index (χ3v) is 4.11. The van der Waals surface area contributed by atoms with E-state index in [0.717, 1.165) is 19.4 Å². The maximum absolute atomic E-state index is 11.7. The maximum atomic E-state index is 11.7. The molecule has 3 nitrogen and oxygen atoms in total. The molecule has 1 aliphatic rings. The first-order valence-corrected chi connectivity index (χ1v) is 6.74. The molecule has 17 heavy (non-hydrogen) atoms. The van der Waals surface area contributed by atoms with Gasteiger partial charge in [0.15, 0.2) is 0 Å². The Kier molecular flexibility index (Phi) is 4.59. The predicted octanol–water partition coefficient (Wildman–Crippen LogP) is 2.30. The average Bonchev–Trinajstić information content (AvgIpc) is 2.81. The van der Waals surface area contributed by atoms with E-state index in [9.17, 15) is 4.79 Å². The van der Waals surface area contributed by atoms with E-state index in [2.05, 4.69) is 33.0 Å². The number of nitrogens with one attached hydrogen (secondary N) is 1. The molecular weight excluding hydrogens is 212 g/mol. The second-order valence-corrected chi connectivity index (χ2v) is 6.90. The molecule has 0 aromatic carbocycles. The van der Waals surface area contributed by atoms with Crippen molar-refractivity contribution in [3.05, 3.63) is 0 Å². The second kappa shape index (κ2) is 5.38. The highest BCUT2D eigenvalue weighted by atomic mass is 16.1. The molecule has 1 amide bonds. The van der Waals surface area contributed by atoms with Gasteiger partial charge in [-0.25, -0.2) is 0 Å². The van der Waals surface area contributed by atoms with Gasteiger partial charge in [-0.1, -0.05) is 27.7 Å². The Hall–Kier alpha value is -0.570. The predicted molar refractivity (Wildman–Crippen MR) is 71.6 cm³/mol. The van der Waals surface area contributed by atoms with Gasteiger partial charge in [-0.2, -0.15) is 0 Å². The van der Waals surface area contributed by atoms with Crippen LogP contribution in [0.5, 0.6) is 0 Å². The summed E-state index contributed by atoms with van der Waals surface area (Å²) >= 11 is 0. The van der Waals surface area contributed by atoms with E-state index in [0.29, 0.717) is 24.3 Å². The largest absolute Gasteiger partial charge is 0.356 e. The number of amides is 1. The highest BCUT2D eigenvalue weighted by Gasteiger charge is 2.45. The molecule has 1 unspecified atom stereocenters. The van der Waals surface area contributed by atoms with Crippen molar-refractivity contribution < 1.29 is 4.79 Å². The standard InChI is InChI=1S/C14H28N2O/c1-13(2,7-8-15)6-5-12(17)16-10-11-9-14(11,3)4/h11H,5-10,15H2,1-4H3,(H,16,17). The topological polar surface area (TPSA) is 55.1 Å². The van der Waals surface area contributed by atoms with Gasteiger partial charge in [-0.3, -0.25) is 4.79 Å². The van der Waals surface area contributed by atoms with Gasteiger partial charge in [0.1, 0.15) is 0 Å². The number of hydrogen-bond donors (Lipinski definition) is 2. The summed E-state index contributed by atoms with van der Waals surface area (Å²) < 4.78 is 0. The number of carbonyl (C=O) groups is 1. The lowest BCUT2D eigenvalue weighted by molar-refractivity contribution is -0.121. The summed E-state index contributed by atoms with van der Waals surface area (Å²) in [6.07, 6.45) is 3.77. The first-order chi connectivity index (χ1) is 7.77. The lowest BCUT2D eigenvalue weighted by atomic mass is 9.84. The molecule has 1 fully saturated rings. The number of carbonyl (C=O) groups excluding carboxylic acids is 1. The van der Waals surface area contributed by atoms with Crippen molar-refractivity contribution in [3.63, 3.8) is 0 Å². The van der Waals surface area contributed by atoms with Gasteiger partial charge >= 0.3 is 0 Å². The first kappa shape index (κ1) is 14.5. The van der Waals surface area contributed by atoms with Crippen molar-refractivity contribution in [3.8, 4) is 0 Å². The molecule has 3 N–H and O–H groups in total. The summed E-state index contributed by atoms with van der Waals surface area (Å²) in [5.41, 5.74) is 6.19. The first-order valence-electron chi connectivity index (χ1n) is 6.74. The fourth-order valence-corrected chi connectivity index (χ4v) is 2.22. The van der Waals surface area contributed by atoms with E-state index in [1.165, 1.54) is 6.42 Å². The van der Waals surface area contributed by atoms with Crippen LogP contribution in [-0.4, -0.2) is 19.0 Å². The van der Waals surface area contributed by atoms with Crippen molar-refractivity contribution in [2.45, 2.75) is 53.4 Å². The van der Waals surface area contributed by atoms with E-state index >= 15 is 0 Å². The third-order valence-electron chi connectivity index (χ3n) is 4.11. The van der Waals surface area contributed by atoms with Gasteiger partial charge in [-0.15, -0.1) is 0 Å². The monoisotopic (exact) mass is 240 g/mol. The minimum absolute atomic E-state index is 0.185. The van der Waals surface area contributed by atoms with Crippen LogP contribution in [0, 0.1) is 16.7 Å². The normalized spacial score (nSPS) is 22.3. The van der Waals surface area contributed by atoms with Crippen LogP contribution in [0.25, 0.3) is 0 Å². The zero-order chi connectivity index (χ0) is 13.1. The lowest BCUT2D eigenvalue weighted by Crippen LogP contribution is -2.28. The Bertz CT molecular complexity index is 271. The molecule has 0 bridgehead atoms. The summed E-state index contributed by atoms with van der Waals surface area (Å²) in [5, 5.41) is 3.04. The van der Waals surface area contributed by atoms with Crippen LogP contribution in [0.3, 0.4) is 0 Å². The van der Waals surface area contributed by atoms with Crippen LogP contribution in [0.2, 0.25) is 0 Å². The molecule has 1 rings (SSSR count). The highest BCUT2D eigenvalue weighted by molar-refractivity contribution is 5.75. The van der Waals surface area contributed by atoms with Crippen molar-refractivity contribution in [2.24, 2.45) is 22.5 Å². The van der Waals surface area contributed by atoms with Crippen LogP contribution < -0.4 is 11.1 Å². The smallest absolute Gasteiger partial charge is 0.220 e. The summed E-state index contributed by atoms with van der Waals surface area (Å²) in [6.45, 7) is 10.4. The van der Waals surface area contributed by atoms with Crippen molar-refractivity contribution in [1.29, 1.82) is 0 Å². The van der Waals surface area contributed by atoms with Gasteiger partial charge in [-0.05, 0) is 42.6 Å². The highest BCUT2D eigenvalue weighted by Crippen LogP contribution is 2.50. The molecule has 3 heteroatoms. The lowest BCUT2D eigenvalue weighted by Gasteiger charge is -2.23. The van der Waals surface area contributed by atoms with Crippen LogP contribution in [-0.2, 0) is 4.79 Å². The Labute approximate surface area is 106 Å². The second-order valence-electron chi connectivity index (χ2n) is 6.90. The molecule has 0 saturated heterocycles. The molecule has 1 saturated carbocycles. The average molecular weight is 240 g/mol. The van der Waals surface area contributed by atoms with E-state index in [4.69, 9.17) is 5.73 Å². The Morgan fingerprint density at radius 3 is 2.47 bits per heavy atom. The van der Waals surface area contributed by atoms with Crippen molar-refractivity contribution in [1.82, 2.24) is 5.32 Å². The van der Waals surface area contributed by atoms with E-state index in [1.807, 2.05) is 0 Å². The minimum atomic E-state index is 0.185. The molecule has 0 radical (unpaired) electrons. The van der Waals surface area contributed by atoms with Gasteiger partial charge in [0, 0.05) is 13.0 Å². The molecule has 0 aromatic heterocycles. The summed E-state index contributed by atoms with van der Waals surface area (Å²) in [5.74, 6) is 0.876. The van der Waals surface area contributed by atoms with Crippen LogP contribution in [0.4, 0.5) is 0 Å². The Balaban J connectivity index is 2.13. The van der Waals surface area contributed by atoms with Crippen LogP contribution >= 0.6 is 0 Å². The zero-order valence-electron chi connectivity index (χ0n) is 11.8. The fraction of sp³-hybridized carbons (Fsp3) is 0.929. The van der Waals surface area contributed by atoms with E-state index < -0.39 is 0 Å². The SMILES string of the molecule is CC(C)(CCN)CCC(=O)NCC1CC1(C)C. The van der Waals surface area contributed by atoms with Gasteiger partial charge < -0.3 is 11.1 Å². The molecule has 1 aliphatic carbocycles. The van der Waals surface area contributed by atoms with E-state index in [-0.39, 0.29) is 11.3 Å². The molecule has 0 spiro atoms. The Morgan fingerprint density at radius 2 is 2.00 bits per heavy atom. The van der Waals surface area contributed by atoms with Crippen molar-refractivity contribution in [2.75, 3.05) is 13.1 Å². The summed E-state index contributed by atoms with van der Waals surface area (Å²) in [4.78, 5) is 11.7. The quantitative estimate of drug-likeness (QED) is 0.717. The third kappa shape index (κ3) is 5.07. The molecular formula is C14H28N2O. The molecule has 0 aromatic rings. The minimum Gasteiger partial charge on any atom is -0.356 e. The Morgan fingerprint density at radius 1 is 1.41 bits per heavy atom. The van der Waals surface area contributed by atoms with Crippen LogP contribution in [0.1, 0.15) is 53.4 Å². The fourth-order valence-electron chi connectivity index (χ4n) is 2.22. The number of hydrogen-bond acceptors (Lipinski definition) is 2. The molecule has 1 atom stereocenters. The van der Waals surface area contributed by atoms with Gasteiger partial charge in [0.05, 0.1) is 0 Å². The number of rotatable bonds is 7. The van der Waals surface area contributed by atoms with Crippen molar-refractivity contribution >= 4 is 5.91 Å². The van der Waals surface area contributed by atoms with E-state index in [1.54, 1.807) is 0 Å². The molecule has 100 valence electrons. The molecule has 0 aliphatic heterocycles.